The van der Waals surface area contributed by atoms with Gasteiger partial charge in [-0.05, 0) is 38.3 Å². The molecule has 0 spiro atoms. The van der Waals surface area contributed by atoms with E-state index in [1.54, 1.807) is 12.3 Å². The van der Waals surface area contributed by atoms with Crippen LogP contribution < -0.4 is 5.73 Å². The second-order valence-corrected chi connectivity index (χ2v) is 4.64. The second kappa shape index (κ2) is 5.27. The summed E-state index contributed by atoms with van der Waals surface area (Å²) in [5, 5.41) is 0. The molecular formula is C13H19N3O. The zero-order chi connectivity index (χ0) is 12.3. The number of pyridine rings is 1. The highest BCUT2D eigenvalue weighted by Crippen LogP contribution is 2.20. The van der Waals surface area contributed by atoms with E-state index >= 15 is 0 Å². The minimum Gasteiger partial charge on any atom is -0.333 e. The smallest absolute Gasteiger partial charge is 0.272 e. The topological polar surface area (TPSA) is 59.2 Å². The number of carbonyl (C=O) groups is 1. The molecule has 1 amide bonds. The van der Waals surface area contributed by atoms with Gasteiger partial charge in [0.2, 0.25) is 0 Å². The molecule has 2 atom stereocenters. The summed E-state index contributed by atoms with van der Waals surface area (Å²) >= 11 is 0. The van der Waals surface area contributed by atoms with Gasteiger partial charge in [-0.15, -0.1) is 0 Å². The van der Waals surface area contributed by atoms with Gasteiger partial charge in [0.25, 0.3) is 5.91 Å². The van der Waals surface area contributed by atoms with E-state index in [0.717, 1.165) is 25.8 Å². The minimum atomic E-state index is 0.00704. The van der Waals surface area contributed by atoms with Crippen LogP contribution >= 0.6 is 0 Å². The summed E-state index contributed by atoms with van der Waals surface area (Å²) < 4.78 is 0. The monoisotopic (exact) mass is 233 g/mol. The van der Waals surface area contributed by atoms with Gasteiger partial charge in [-0.3, -0.25) is 9.78 Å². The number of hydrogen-bond donors (Lipinski definition) is 1. The molecule has 2 rings (SSSR count). The molecule has 0 saturated carbocycles. The normalized spacial score (nSPS) is 22.2. The number of piperidine rings is 1. The number of likely N-dealkylation sites (tertiary alicyclic amines) is 1. The molecule has 17 heavy (non-hydrogen) atoms. The van der Waals surface area contributed by atoms with Gasteiger partial charge in [0.15, 0.2) is 0 Å². The van der Waals surface area contributed by atoms with Crippen molar-refractivity contribution in [2.24, 2.45) is 5.73 Å². The Bertz CT molecular complexity index is 378. The highest BCUT2D eigenvalue weighted by atomic mass is 16.2. The van der Waals surface area contributed by atoms with E-state index in [4.69, 9.17) is 5.73 Å². The van der Waals surface area contributed by atoms with Gasteiger partial charge in [0, 0.05) is 24.8 Å². The fraction of sp³-hybridized carbons (Fsp3) is 0.538. The van der Waals surface area contributed by atoms with Crippen LogP contribution in [-0.2, 0) is 0 Å². The standard InChI is InChI=1S/C13H19N3O/c1-10(14)12-7-3-5-9-16(12)13(17)11-6-2-4-8-15-11/h2,4,6,8,10,12H,3,5,7,9,14H2,1H3. The highest BCUT2D eigenvalue weighted by molar-refractivity contribution is 5.92. The largest absolute Gasteiger partial charge is 0.333 e. The van der Waals surface area contributed by atoms with Crippen molar-refractivity contribution in [3.8, 4) is 0 Å². The summed E-state index contributed by atoms with van der Waals surface area (Å²) in [6.45, 7) is 2.76. The fourth-order valence-electron chi connectivity index (χ4n) is 2.39. The third-order valence-electron chi connectivity index (χ3n) is 3.30. The molecule has 2 unspecified atom stereocenters. The maximum atomic E-state index is 12.3. The first-order valence-electron chi connectivity index (χ1n) is 6.17. The van der Waals surface area contributed by atoms with E-state index < -0.39 is 0 Å². The summed E-state index contributed by atoms with van der Waals surface area (Å²) in [4.78, 5) is 18.3. The van der Waals surface area contributed by atoms with Crippen LogP contribution in [0.15, 0.2) is 24.4 Å². The molecule has 0 aliphatic carbocycles. The lowest BCUT2D eigenvalue weighted by molar-refractivity contribution is 0.0578. The SMILES string of the molecule is CC(N)C1CCCCN1C(=O)c1ccccn1. The van der Waals surface area contributed by atoms with Crippen molar-refractivity contribution in [1.29, 1.82) is 0 Å². The molecule has 0 bridgehead atoms. The molecule has 1 aliphatic rings. The summed E-state index contributed by atoms with van der Waals surface area (Å²) in [6.07, 6.45) is 4.86. The molecule has 1 saturated heterocycles. The maximum Gasteiger partial charge on any atom is 0.272 e. The van der Waals surface area contributed by atoms with Crippen LogP contribution in [0.4, 0.5) is 0 Å². The van der Waals surface area contributed by atoms with Crippen LogP contribution in [0.25, 0.3) is 0 Å². The lowest BCUT2D eigenvalue weighted by Gasteiger charge is -2.37. The average molecular weight is 233 g/mol. The number of rotatable bonds is 2. The lowest BCUT2D eigenvalue weighted by Crippen LogP contribution is -2.51. The molecule has 4 nitrogen and oxygen atoms in total. The third-order valence-corrected chi connectivity index (χ3v) is 3.30. The molecule has 1 fully saturated rings. The second-order valence-electron chi connectivity index (χ2n) is 4.64. The Morgan fingerprint density at radius 1 is 1.53 bits per heavy atom. The molecule has 2 heterocycles. The first-order chi connectivity index (χ1) is 8.20. The van der Waals surface area contributed by atoms with E-state index in [0.29, 0.717) is 5.69 Å². The van der Waals surface area contributed by atoms with Crippen molar-refractivity contribution < 1.29 is 4.79 Å². The first kappa shape index (κ1) is 12.0. The number of nitrogens with zero attached hydrogens (tertiary/aromatic N) is 2. The van der Waals surface area contributed by atoms with Crippen LogP contribution in [0.3, 0.4) is 0 Å². The van der Waals surface area contributed by atoms with Gasteiger partial charge in [-0.2, -0.15) is 0 Å². The maximum absolute atomic E-state index is 12.3. The van der Waals surface area contributed by atoms with Crippen LogP contribution in [0.5, 0.6) is 0 Å². The Labute approximate surface area is 102 Å². The predicted molar refractivity (Wildman–Crippen MR) is 66.6 cm³/mol. The Morgan fingerprint density at radius 2 is 2.35 bits per heavy atom. The van der Waals surface area contributed by atoms with Crippen molar-refractivity contribution in [1.82, 2.24) is 9.88 Å². The predicted octanol–water partition coefficient (Wildman–Crippen LogP) is 1.42. The van der Waals surface area contributed by atoms with Gasteiger partial charge in [0.1, 0.15) is 5.69 Å². The number of nitrogens with two attached hydrogens (primary N) is 1. The van der Waals surface area contributed by atoms with Gasteiger partial charge < -0.3 is 10.6 Å². The first-order valence-corrected chi connectivity index (χ1v) is 6.17. The molecule has 92 valence electrons. The van der Waals surface area contributed by atoms with Crippen LogP contribution in [0.1, 0.15) is 36.7 Å². The molecular weight excluding hydrogens is 214 g/mol. The molecule has 1 aromatic rings. The quantitative estimate of drug-likeness (QED) is 0.840. The Hall–Kier alpha value is -1.42. The van der Waals surface area contributed by atoms with Gasteiger partial charge in [0.05, 0.1) is 0 Å². The van der Waals surface area contributed by atoms with Crippen molar-refractivity contribution in [2.75, 3.05) is 6.54 Å². The fourth-order valence-corrected chi connectivity index (χ4v) is 2.39. The lowest BCUT2D eigenvalue weighted by atomic mass is 9.96. The zero-order valence-electron chi connectivity index (χ0n) is 10.2. The van der Waals surface area contributed by atoms with E-state index in [2.05, 4.69) is 4.98 Å². The Balaban J connectivity index is 2.17. The van der Waals surface area contributed by atoms with E-state index in [1.807, 2.05) is 24.0 Å². The van der Waals surface area contributed by atoms with Gasteiger partial charge >= 0.3 is 0 Å². The van der Waals surface area contributed by atoms with Crippen LogP contribution in [-0.4, -0.2) is 34.4 Å². The number of amides is 1. The number of aromatic nitrogens is 1. The van der Waals surface area contributed by atoms with Crippen LogP contribution in [0.2, 0.25) is 0 Å². The zero-order valence-corrected chi connectivity index (χ0v) is 10.2. The van der Waals surface area contributed by atoms with E-state index in [1.165, 1.54) is 0 Å². The van der Waals surface area contributed by atoms with Crippen LogP contribution in [0, 0.1) is 0 Å². The third kappa shape index (κ3) is 2.64. The van der Waals surface area contributed by atoms with Crippen molar-refractivity contribution in [3.63, 3.8) is 0 Å². The van der Waals surface area contributed by atoms with Crippen molar-refractivity contribution >= 4 is 5.91 Å². The molecule has 2 N–H and O–H groups in total. The molecule has 0 radical (unpaired) electrons. The molecule has 1 aromatic heterocycles. The number of hydrogen-bond acceptors (Lipinski definition) is 3. The Kier molecular flexibility index (Phi) is 3.74. The van der Waals surface area contributed by atoms with Crippen molar-refractivity contribution in [2.45, 2.75) is 38.3 Å². The summed E-state index contributed by atoms with van der Waals surface area (Å²) in [7, 11) is 0. The molecule has 1 aliphatic heterocycles. The minimum absolute atomic E-state index is 0.00704. The summed E-state index contributed by atoms with van der Waals surface area (Å²) in [6, 6.07) is 5.58. The average Bonchev–Trinajstić information content (AvgIpc) is 2.39. The van der Waals surface area contributed by atoms with Gasteiger partial charge in [-0.25, -0.2) is 0 Å². The van der Waals surface area contributed by atoms with Crippen molar-refractivity contribution in [3.05, 3.63) is 30.1 Å². The number of carbonyl (C=O) groups excluding carboxylic acids is 1. The van der Waals surface area contributed by atoms with Gasteiger partial charge in [-0.1, -0.05) is 6.07 Å². The molecule has 0 aromatic carbocycles. The summed E-state index contributed by atoms with van der Waals surface area (Å²) in [5.41, 5.74) is 6.47. The van der Waals surface area contributed by atoms with E-state index in [-0.39, 0.29) is 18.0 Å². The Morgan fingerprint density at radius 3 is 3.00 bits per heavy atom. The highest BCUT2D eigenvalue weighted by Gasteiger charge is 2.30. The molecule has 4 heteroatoms. The van der Waals surface area contributed by atoms with E-state index in [9.17, 15) is 4.79 Å². The summed E-state index contributed by atoms with van der Waals surface area (Å²) in [5.74, 6) is 0.00704.